The molecule has 6 nitrogen and oxygen atoms in total. The fourth-order valence-electron chi connectivity index (χ4n) is 4.16. The second kappa shape index (κ2) is 7.42. The van der Waals surface area contributed by atoms with Crippen molar-refractivity contribution in [2.45, 2.75) is 31.1 Å². The normalized spacial score (nSPS) is 35.7. The van der Waals surface area contributed by atoms with Gasteiger partial charge in [-0.3, -0.25) is 14.6 Å². The van der Waals surface area contributed by atoms with E-state index in [1.54, 1.807) is 4.90 Å². The molecule has 7 heteroatoms. The molecule has 0 radical (unpaired) electrons. The zero-order valence-corrected chi connectivity index (χ0v) is 14.1. The molecule has 3 aliphatic rings. The molecule has 3 fully saturated rings. The van der Waals surface area contributed by atoms with Gasteiger partial charge in [-0.05, 0) is 31.8 Å². The Bertz CT molecular complexity index is 405. The van der Waals surface area contributed by atoms with Gasteiger partial charge in [0, 0.05) is 45.8 Å². The van der Waals surface area contributed by atoms with E-state index in [0.29, 0.717) is 25.6 Å². The summed E-state index contributed by atoms with van der Waals surface area (Å²) in [4.78, 5) is 18.1. The maximum absolute atomic E-state index is 14.2. The average molecular weight is 327 g/mol. The van der Waals surface area contributed by atoms with Crippen molar-refractivity contribution in [3.8, 4) is 0 Å². The first-order valence-electron chi connectivity index (χ1n) is 8.85. The van der Waals surface area contributed by atoms with Crippen molar-refractivity contribution in [2.24, 2.45) is 11.7 Å². The molecule has 0 aromatic rings. The van der Waals surface area contributed by atoms with E-state index in [-0.39, 0.29) is 18.0 Å². The van der Waals surface area contributed by atoms with Gasteiger partial charge >= 0.3 is 0 Å². The molecule has 0 bridgehead atoms. The zero-order chi connectivity index (χ0) is 16.4. The van der Waals surface area contributed by atoms with Crippen LogP contribution in [0.5, 0.6) is 0 Å². The van der Waals surface area contributed by atoms with E-state index in [1.165, 1.54) is 0 Å². The first kappa shape index (κ1) is 17.1. The number of alkyl halides is 1. The monoisotopic (exact) mass is 327 g/mol. The lowest BCUT2D eigenvalue weighted by molar-refractivity contribution is -0.134. The third kappa shape index (κ3) is 4.02. The van der Waals surface area contributed by atoms with Crippen molar-refractivity contribution in [3.05, 3.63) is 0 Å². The smallest absolute Gasteiger partial charge is 0.236 e. The molecular formula is C16H30FN5O. The summed E-state index contributed by atoms with van der Waals surface area (Å²) in [5, 5.41) is 3.05. The molecule has 0 aromatic carbocycles. The molecular weight excluding hydrogens is 297 g/mol. The predicted molar refractivity (Wildman–Crippen MR) is 87.9 cm³/mol. The van der Waals surface area contributed by atoms with Crippen LogP contribution in [-0.2, 0) is 4.79 Å². The maximum Gasteiger partial charge on any atom is 0.236 e. The number of nitrogens with zero attached hydrogens (tertiary/aromatic N) is 3. The highest BCUT2D eigenvalue weighted by Gasteiger charge is 2.37. The van der Waals surface area contributed by atoms with Crippen LogP contribution in [0.2, 0.25) is 0 Å². The number of halogens is 1. The molecule has 3 unspecified atom stereocenters. The summed E-state index contributed by atoms with van der Waals surface area (Å²) in [7, 11) is 1.87. The summed E-state index contributed by atoms with van der Waals surface area (Å²) in [6.45, 7) is 6.29. The second-order valence-electron chi connectivity index (χ2n) is 7.36. The van der Waals surface area contributed by atoms with Crippen LogP contribution in [0.25, 0.3) is 0 Å². The van der Waals surface area contributed by atoms with Crippen molar-refractivity contribution in [1.29, 1.82) is 0 Å². The van der Waals surface area contributed by atoms with Crippen LogP contribution < -0.4 is 11.1 Å². The number of nitrogens with two attached hydrogens (primary N) is 1. The van der Waals surface area contributed by atoms with E-state index in [9.17, 15) is 9.18 Å². The Morgan fingerprint density at radius 2 is 1.96 bits per heavy atom. The fourth-order valence-corrected chi connectivity index (χ4v) is 4.16. The van der Waals surface area contributed by atoms with Gasteiger partial charge < -0.3 is 16.0 Å². The number of likely N-dealkylation sites (tertiary alicyclic amines) is 1. The first-order valence-corrected chi connectivity index (χ1v) is 8.85. The summed E-state index contributed by atoms with van der Waals surface area (Å²) in [6, 6.07) is -0.257. The van der Waals surface area contributed by atoms with Gasteiger partial charge in [-0.2, -0.15) is 0 Å². The maximum atomic E-state index is 14.2. The zero-order valence-electron chi connectivity index (χ0n) is 14.1. The molecule has 23 heavy (non-hydrogen) atoms. The highest BCUT2D eigenvalue weighted by molar-refractivity contribution is 5.78. The number of piperazine rings is 1. The Morgan fingerprint density at radius 1 is 1.22 bits per heavy atom. The summed E-state index contributed by atoms with van der Waals surface area (Å²) in [5.74, 6) is 0.827. The molecule has 132 valence electrons. The molecule has 1 amide bonds. The summed E-state index contributed by atoms with van der Waals surface area (Å²) in [6.07, 6.45) is 1.28. The minimum Gasteiger partial charge on any atom is -0.343 e. The number of carbonyl (C=O) groups is 1. The lowest BCUT2D eigenvalue weighted by atomic mass is 9.91. The first-order chi connectivity index (χ1) is 11.0. The van der Waals surface area contributed by atoms with E-state index in [1.807, 2.05) is 7.05 Å². The third-order valence-electron chi connectivity index (χ3n) is 5.65. The van der Waals surface area contributed by atoms with Gasteiger partial charge in [-0.15, -0.1) is 0 Å². The van der Waals surface area contributed by atoms with Crippen LogP contribution in [0.15, 0.2) is 0 Å². The Hall–Kier alpha value is -0.760. The molecule has 3 atom stereocenters. The number of nitrogens with one attached hydrogen (secondary N) is 1. The van der Waals surface area contributed by atoms with Gasteiger partial charge in [0.05, 0.1) is 12.6 Å². The van der Waals surface area contributed by atoms with Gasteiger partial charge in [0.15, 0.2) is 0 Å². The Kier molecular flexibility index (Phi) is 5.51. The second-order valence-corrected chi connectivity index (χ2v) is 7.36. The minimum absolute atomic E-state index is 0.120. The SMILES string of the molecule is CN1CCN(CC2CCN(C3C(N)CNCC3F)CC2)CC1=O. The number of hydrogen-bond acceptors (Lipinski definition) is 5. The molecule has 0 spiro atoms. The number of carbonyl (C=O) groups excluding carboxylic acids is 1. The van der Waals surface area contributed by atoms with Crippen molar-refractivity contribution in [3.63, 3.8) is 0 Å². The lowest BCUT2D eigenvalue weighted by Crippen LogP contribution is -2.63. The Labute approximate surface area is 138 Å². The molecule has 0 aromatic heterocycles. The van der Waals surface area contributed by atoms with Crippen molar-refractivity contribution in [2.75, 3.05) is 59.4 Å². The van der Waals surface area contributed by atoms with Gasteiger partial charge in [0.25, 0.3) is 0 Å². The van der Waals surface area contributed by atoms with Crippen molar-refractivity contribution < 1.29 is 9.18 Å². The van der Waals surface area contributed by atoms with E-state index < -0.39 is 6.17 Å². The van der Waals surface area contributed by atoms with Crippen LogP contribution in [0, 0.1) is 5.92 Å². The summed E-state index contributed by atoms with van der Waals surface area (Å²) in [5.41, 5.74) is 6.12. The summed E-state index contributed by atoms with van der Waals surface area (Å²) < 4.78 is 14.2. The summed E-state index contributed by atoms with van der Waals surface area (Å²) >= 11 is 0. The lowest BCUT2D eigenvalue weighted by Gasteiger charge is -2.44. The van der Waals surface area contributed by atoms with Crippen LogP contribution >= 0.6 is 0 Å². The topological polar surface area (TPSA) is 64.8 Å². The molecule has 3 heterocycles. The van der Waals surface area contributed by atoms with E-state index in [2.05, 4.69) is 15.1 Å². The van der Waals surface area contributed by atoms with Crippen molar-refractivity contribution >= 4 is 5.91 Å². The Balaban J connectivity index is 1.46. The van der Waals surface area contributed by atoms with E-state index in [4.69, 9.17) is 5.73 Å². The van der Waals surface area contributed by atoms with Crippen LogP contribution in [0.3, 0.4) is 0 Å². The molecule has 0 saturated carbocycles. The van der Waals surface area contributed by atoms with Crippen LogP contribution in [-0.4, -0.2) is 98.3 Å². The third-order valence-corrected chi connectivity index (χ3v) is 5.65. The molecule has 3 aliphatic heterocycles. The average Bonchev–Trinajstić information content (AvgIpc) is 2.52. The number of amides is 1. The van der Waals surface area contributed by atoms with Gasteiger partial charge in [0.2, 0.25) is 5.91 Å². The van der Waals surface area contributed by atoms with E-state index in [0.717, 1.165) is 45.6 Å². The van der Waals surface area contributed by atoms with Crippen molar-refractivity contribution in [1.82, 2.24) is 20.0 Å². The predicted octanol–water partition coefficient (Wildman–Crippen LogP) is -0.890. The van der Waals surface area contributed by atoms with Gasteiger partial charge in [-0.1, -0.05) is 0 Å². The Morgan fingerprint density at radius 3 is 2.61 bits per heavy atom. The highest BCUT2D eigenvalue weighted by atomic mass is 19.1. The molecule has 3 N–H and O–H groups in total. The van der Waals surface area contributed by atoms with Gasteiger partial charge in [0.1, 0.15) is 6.17 Å². The number of hydrogen-bond donors (Lipinski definition) is 2. The molecule has 3 saturated heterocycles. The highest BCUT2D eigenvalue weighted by Crippen LogP contribution is 2.24. The molecule has 0 aliphatic carbocycles. The quantitative estimate of drug-likeness (QED) is 0.704. The number of piperidine rings is 2. The number of rotatable bonds is 3. The molecule has 3 rings (SSSR count). The van der Waals surface area contributed by atoms with Gasteiger partial charge in [-0.25, -0.2) is 4.39 Å². The van der Waals surface area contributed by atoms with Crippen LogP contribution in [0.1, 0.15) is 12.8 Å². The minimum atomic E-state index is -0.870. The van der Waals surface area contributed by atoms with Crippen LogP contribution in [0.4, 0.5) is 4.39 Å². The largest absolute Gasteiger partial charge is 0.343 e. The fraction of sp³-hybridized carbons (Fsp3) is 0.938. The van der Waals surface area contributed by atoms with E-state index >= 15 is 0 Å². The number of likely N-dealkylation sites (N-methyl/N-ethyl adjacent to an activating group) is 1. The standard InChI is InChI=1S/C16H30FN5O/c1-20-6-7-21(11-15(20)23)10-12-2-4-22(5-3-12)16-13(17)8-19-9-14(16)18/h12-14,16,19H,2-11,18H2,1H3.